The van der Waals surface area contributed by atoms with Gasteiger partial charge in [0.25, 0.3) is 10.0 Å². The lowest BCUT2D eigenvalue weighted by molar-refractivity contribution is 0.603. The first kappa shape index (κ1) is 14.5. The minimum atomic E-state index is -3.74. The van der Waals surface area contributed by atoms with Crippen LogP contribution in [-0.2, 0) is 10.0 Å². The number of aryl methyl sites for hydroxylation is 1. The fourth-order valence-electron chi connectivity index (χ4n) is 1.40. The maximum absolute atomic E-state index is 12.2. The van der Waals surface area contributed by atoms with Gasteiger partial charge in [0.05, 0.1) is 20.7 Å². The topological polar surface area (TPSA) is 72.2 Å². The van der Waals surface area contributed by atoms with E-state index in [2.05, 4.69) is 4.72 Å². The van der Waals surface area contributed by atoms with Crippen LogP contribution in [0, 0.1) is 6.92 Å². The molecule has 0 saturated heterocycles. The van der Waals surface area contributed by atoms with Gasteiger partial charge in [0.2, 0.25) is 0 Å². The normalized spacial score (nSPS) is 11.5. The van der Waals surface area contributed by atoms with Gasteiger partial charge in [-0.1, -0.05) is 29.3 Å². The SMILES string of the molecule is Cc1cc(S(=O)(=O)Nc2c(N)cccc2Cl)sc1Cl. The van der Waals surface area contributed by atoms with E-state index >= 15 is 0 Å². The van der Waals surface area contributed by atoms with Gasteiger partial charge in [0, 0.05) is 0 Å². The third-order valence-corrected chi connectivity index (χ3v) is 6.08. The number of sulfonamides is 1. The standard InChI is InChI=1S/C11H10Cl2N2O2S2/c1-6-5-9(18-11(6)13)19(16,17)15-10-7(12)3-2-4-8(10)14/h2-5,15H,14H2,1H3. The Bertz CT molecular complexity index is 687. The number of nitrogens with two attached hydrogens (primary N) is 1. The number of thiophene rings is 1. The zero-order valence-corrected chi connectivity index (χ0v) is 12.9. The van der Waals surface area contributed by atoms with Gasteiger partial charge in [-0.3, -0.25) is 4.72 Å². The maximum Gasteiger partial charge on any atom is 0.271 e. The molecule has 0 aliphatic heterocycles. The predicted octanol–water partition coefficient (Wildman–Crippen LogP) is 3.75. The summed E-state index contributed by atoms with van der Waals surface area (Å²) < 4.78 is 27.3. The van der Waals surface area contributed by atoms with Gasteiger partial charge in [0.1, 0.15) is 4.21 Å². The number of nitrogen functional groups attached to an aromatic ring is 1. The Morgan fingerprint density at radius 3 is 2.53 bits per heavy atom. The molecule has 1 aromatic heterocycles. The van der Waals surface area contributed by atoms with Crippen molar-refractivity contribution in [3.8, 4) is 0 Å². The van der Waals surface area contributed by atoms with Crippen LogP contribution < -0.4 is 10.5 Å². The Kier molecular flexibility index (Phi) is 3.96. The van der Waals surface area contributed by atoms with Crippen LogP contribution in [0.5, 0.6) is 0 Å². The van der Waals surface area contributed by atoms with E-state index < -0.39 is 10.0 Å². The Labute approximate surface area is 125 Å². The summed E-state index contributed by atoms with van der Waals surface area (Å²) in [7, 11) is -3.74. The summed E-state index contributed by atoms with van der Waals surface area (Å²) in [6.45, 7) is 1.74. The molecule has 2 rings (SSSR count). The summed E-state index contributed by atoms with van der Waals surface area (Å²) in [6.07, 6.45) is 0. The number of anilines is 2. The smallest absolute Gasteiger partial charge is 0.271 e. The molecule has 0 aliphatic carbocycles. The van der Waals surface area contributed by atoms with Gasteiger partial charge >= 0.3 is 0 Å². The van der Waals surface area contributed by atoms with Crippen molar-refractivity contribution in [1.82, 2.24) is 0 Å². The largest absolute Gasteiger partial charge is 0.397 e. The zero-order chi connectivity index (χ0) is 14.2. The summed E-state index contributed by atoms with van der Waals surface area (Å²) in [5, 5.41) is 0.239. The third-order valence-electron chi connectivity index (χ3n) is 2.38. The molecule has 0 amide bonds. The molecule has 1 heterocycles. The van der Waals surface area contributed by atoms with Crippen LogP contribution in [0.2, 0.25) is 9.36 Å². The van der Waals surface area contributed by atoms with Crippen molar-refractivity contribution < 1.29 is 8.42 Å². The fourth-order valence-corrected chi connectivity index (χ4v) is 4.50. The summed E-state index contributed by atoms with van der Waals surface area (Å²) in [6, 6.07) is 6.27. The highest BCUT2D eigenvalue weighted by Crippen LogP contribution is 2.34. The van der Waals surface area contributed by atoms with Gasteiger partial charge in [-0.2, -0.15) is 0 Å². The van der Waals surface area contributed by atoms with Gasteiger partial charge in [-0.15, -0.1) is 11.3 Å². The Balaban J connectivity index is 2.42. The summed E-state index contributed by atoms with van der Waals surface area (Å²) in [4.78, 5) is 0. The Morgan fingerprint density at radius 1 is 1.32 bits per heavy atom. The molecule has 0 spiro atoms. The molecule has 0 unspecified atom stereocenters. The first-order valence-corrected chi connectivity index (χ1v) is 8.19. The lowest BCUT2D eigenvalue weighted by Crippen LogP contribution is -2.13. The van der Waals surface area contributed by atoms with Crippen LogP contribution in [0.4, 0.5) is 11.4 Å². The molecular formula is C11H10Cl2N2O2S2. The molecule has 4 nitrogen and oxygen atoms in total. The molecule has 102 valence electrons. The van der Waals surface area contributed by atoms with Crippen molar-refractivity contribution >= 4 is 55.9 Å². The Hall–Kier alpha value is -0.950. The summed E-state index contributed by atoms with van der Waals surface area (Å²) in [5.74, 6) is 0. The average Bonchev–Trinajstić information content (AvgIpc) is 2.66. The second-order valence-corrected chi connectivity index (χ2v) is 7.80. The van der Waals surface area contributed by atoms with Crippen molar-refractivity contribution in [2.24, 2.45) is 0 Å². The van der Waals surface area contributed by atoms with E-state index in [1.54, 1.807) is 25.1 Å². The van der Waals surface area contributed by atoms with Crippen LogP contribution in [0.1, 0.15) is 5.56 Å². The number of para-hydroxylation sites is 1. The van der Waals surface area contributed by atoms with E-state index in [9.17, 15) is 8.42 Å². The summed E-state index contributed by atoms with van der Waals surface area (Å²) >= 11 is 12.8. The monoisotopic (exact) mass is 336 g/mol. The third kappa shape index (κ3) is 2.97. The number of hydrogen-bond donors (Lipinski definition) is 2. The number of benzene rings is 1. The number of halogens is 2. The number of hydrogen-bond acceptors (Lipinski definition) is 4. The van der Waals surface area contributed by atoms with Crippen molar-refractivity contribution in [1.29, 1.82) is 0 Å². The molecule has 0 bridgehead atoms. The minimum absolute atomic E-state index is 0.120. The molecule has 0 atom stereocenters. The van der Waals surface area contributed by atoms with Crippen LogP contribution in [0.15, 0.2) is 28.5 Å². The van der Waals surface area contributed by atoms with E-state index in [1.807, 2.05) is 0 Å². The zero-order valence-electron chi connectivity index (χ0n) is 9.78. The molecule has 0 fully saturated rings. The lowest BCUT2D eigenvalue weighted by atomic mass is 10.3. The van der Waals surface area contributed by atoms with E-state index in [0.717, 1.165) is 11.3 Å². The minimum Gasteiger partial charge on any atom is -0.397 e. The summed E-state index contributed by atoms with van der Waals surface area (Å²) in [5.41, 5.74) is 6.85. The van der Waals surface area contributed by atoms with Gasteiger partial charge in [-0.05, 0) is 30.7 Å². The van der Waals surface area contributed by atoms with Crippen LogP contribution in [0.25, 0.3) is 0 Å². The van der Waals surface area contributed by atoms with E-state index in [4.69, 9.17) is 28.9 Å². The maximum atomic E-state index is 12.2. The van der Waals surface area contributed by atoms with Crippen molar-refractivity contribution in [3.05, 3.63) is 39.2 Å². The molecule has 8 heteroatoms. The highest BCUT2D eigenvalue weighted by molar-refractivity contribution is 7.94. The fraction of sp³-hybridized carbons (Fsp3) is 0.0909. The van der Waals surface area contributed by atoms with Crippen LogP contribution in [-0.4, -0.2) is 8.42 Å². The molecule has 2 aromatic rings. The lowest BCUT2D eigenvalue weighted by Gasteiger charge is -2.10. The first-order chi connectivity index (χ1) is 8.81. The van der Waals surface area contributed by atoms with Gasteiger partial charge in [-0.25, -0.2) is 8.42 Å². The first-order valence-electron chi connectivity index (χ1n) is 5.14. The molecular weight excluding hydrogens is 327 g/mol. The second-order valence-electron chi connectivity index (χ2n) is 3.83. The van der Waals surface area contributed by atoms with Crippen molar-refractivity contribution in [2.75, 3.05) is 10.5 Å². The van der Waals surface area contributed by atoms with E-state index in [0.29, 0.717) is 9.90 Å². The van der Waals surface area contributed by atoms with Crippen LogP contribution >= 0.6 is 34.5 Å². The second kappa shape index (κ2) is 5.20. The number of rotatable bonds is 3. The highest BCUT2D eigenvalue weighted by atomic mass is 35.5. The quantitative estimate of drug-likeness (QED) is 0.838. The number of nitrogens with one attached hydrogen (secondary N) is 1. The van der Waals surface area contributed by atoms with Gasteiger partial charge < -0.3 is 5.73 Å². The molecule has 1 aromatic carbocycles. The van der Waals surface area contributed by atoms with Crippen molar-refractivity contribution in [2.45, 2.75) is 11.1 Å². The molecule has 0 radical (unpaired) electrons. The molecule has 3 N–H and O–H groups in total. The Morgan fingerprint density at radius 2 is 2.00 bits per heavy atom. The van der Waals surface area contributed by atoms with E-state index in [1.165, 1.54) is 6.07 Å². The predicted molar refractivity (Wildman–Crippen MR) is 80.7 cm³/mol. The molecule has 19 heavy (non-hydrogen) atoms. The highest BCUT2D eigenvalue weighted by Gasteiger charge is 2.20. The molecule has 0 aliphatic rings. The molecule has 0 saturated carbocycles. The van der Waals surface area contributed by atoms with Crippen molar-refractivity contribution in [3.63, 3.8) is 0 Å². The average molecular weight is 337 g/mol. The van der Waals surface area contributed by atoms with Crippen LogP contribution in [0.3, 0.4) is 0 Å². The van der Waals surface area contributed by atoms with Gasteiger partial charge in [0.15, 0.2) is 0 Å². The van der Waals surface area contributed by atoms with E-state index in [-0.39, 0.29) is 20.6 Å².